The summed E-state index contributed by atoms with van der Waals surface area (Å²) >= 11 is 11.9. The number of benzene rings is 2. The van der Waals surface area contributed by atoms with Crippen molar-refractivity contribution in [2.45, 2.75) is 12.8 Å². The molecule has 2 aromatic rings. The maximum absolute atomic E-state index is 13.7. The van der Waals surface area contributed by atoms with Crippen molar-refractivity contribution in [2.75, 3.05) is 13.6 Å². The van der Waals surface area contributed by atoms with E-state index in [2.05, 4.69) is 11.9 Å². The zero-order chi connectivity index (χ0) is 22.7. The Labute approximate surface area is 189 Å². The number of nitrogens with one attached hydrogen (secondary N) is 1. The van der Waals surface area contributed by atoms with Crippen LogP contribution in [0.2, 0.25) is 10.0 Å². The van der Waals surface area contributed by atoms with Crippen LogP contribution < -0.4 is 5.32 Å². The molecule has 0 fully saturated rings. The average Bonchev–Trinajstić information content (AvgIpc) is 2.71. The van der Waals surface area contributed by atoms with Gasteiger partial charge >= 0.3 is 0 Å². The Bertz CT molecular complexity index is 1090. The van der Waals surface area contributed by atoms with Gasteiger partial charge in [0.05, 0.1) is 21.3 Å². The number of hydrogen-bond donors (Lipinski definition) is 2. The van der Waals surface area contributed by atoms with E-state index in [1.54, 1.807) is 19.2 Å². The third-order valence-electron chi connectivity index (χ3n) is 4.89. The molecule has 1 amide bonds. The van der Waals surface area contributed by atoms with Gasteiger partial charge in [0, 0.05) is 30.9 Å². The number of likely N-dealkylation sites (N-methyl/N-ethyl adjacent to an activating group) is 1. The van der Waals surface area contributed by atoms with E-state index in [0.29, 0.717) is 35.1 Å². The normalized spacial score (nSPS) is 14.0. The Balaban J connectivity index is 1.71. The van der Waals surface area contributed by atoms with Crippen molar-refractivity contribution >= 4 is 34.8 Å². The summed E-state index contributed by atoms with van der Waals surface area (Å²) in [5.41, 5.74) is 1.65. The second kappa shape index (κ2) is 9.54. The van der Waals surface area contributed by atoms with Gasteiger partial charge in [0.2, 0.25) is 0 Å². The van der Waals surface area contributed by atoms with Gasteiger partial charge in [0.15, 0.2) is 5.76 Å². The van der Waals surface area contributed by atoms with Gasteiger partial charge in [-0.15, -0.1) is 0 Å². The first kappa shape index (κ1) is 22.8. The van der Waals surface area contributed by atoms with Crippen molar-refractivity contribution in [1.29, 1.82) is 0 Å². The molecule has 162 valence electrons. The summed E-state index contributed by atoms with van der Waals surface area (Å²) in [5, 5.41) is 14.1. The first-order valence-electron chi connectivity index (χ1n) is 9.44. The van der Waals surface area contributed by atoms with Crippen LogP contribution in [-0.2, 0) is 11.2 Å². The third-order valence-corrected chi connectivity index (χ3v) is 5.63. The van der Waals surface area contributed by atoms with Crippen molar-refractivity contribution in [1.82, 2.24) is 10.2 Å². The fourth-order valence-corrected chi connectivity index (χ4v) is 3.52. The molecule has 0 radical (unpaired) electrons. The van der Waals surface area contributed by atoms with Crippen LogP contribution in [0.4, 0.5) is 8.78 Å². The topological polar surface area (TPSA) is 52.6 Å². The smallest absolute Gasteiger partial charge is 0.255 e. The summed E-state index contributed by atoms with van der Waals surface area (Å²) in [5.74, 6) is -2.32. The van der Waals surface area contributed by atoms with Crippen molar-refractivity contribution in [3.8, 4) is 0 Å². The first-order chi connectivity index (χ1) is 14.7. The number of hydrogen-bond acceptors (Lipinski definition) is 3. The largest absolute Gasteiger partial charge is 0.505 e. The summed E-state index contributed by atoms with van der Waals surface area (Å²) in [4.78, 5) is 14.1. The van der Waals surface area contributed by atoms with Crippen LogP contribution in [0.3, 0.4) is 0 Å². The first-order valence-corrected chi connectivity index (χ1v) is 10.2. The van der Waals surface area contributed by atoms with Gasteiger partial charge in [-0.25, -0.2) is 8.78 Å². The quantitative estimate of drug-likeness (QED) is 0.544. The van der Waals surface area contributed by atoms with Crippen LogP contribution in [0.1, 0.15) is 17.5 Å². The maximum Gasteiger partial charge on any atom is 0.255 e. The zero-order valence-corrected chi connectivity index (χ0v) is 18.2. The minimum Gasteiger partial charge on any atom is -0.505 e. The average molecular weight is 465 g/mol. The molecule has 0 spiro atoms. The highest BCUT2D eigenvalue weighted by atomic mass is 35.5. The van der Waals surface area contributed by atoms with Crippen LogP contribution in [-0.4, -0.2) is 29.5 Å². The third kappa shape index (κ3) is 5.27. The summed E-state index contributed by atoms with van der Waals surface area (Å²) in [6, 6.07) is 8.40. The minimum atomic E-state index is -0.748. The molecule has 4 nitrogen and oxygen atoms in total. The van der Waals surface area contributed by atoms with Crippen molar-refractivity contribution in [3.63, 3.8) is 0 Å². The fraction of sp³-hybridized carbons (Fsp3) is 0.174. The van der Waals surface area contributed by atoms with E-state index in [1.807, 2.05) is 6.07 Å². The molecule has 3 rings (SSSR count). The van der Waals surface area contributed by atoms with E-state index >= 15 is 0 Å². The number of amides is 1. The lowest BCUT2D eigenvalue weighted by Crippen LogP contribution is -2.30. The molecule has 31 heavy (non-hydrogen) atoms. The summed E-state index contributed by atoms with van der Waals surface area (Å²) < 4.78 is 27.3. The zero-order valence-electron chi connectivity index (χ0n) is 16.7. The van der Waals surface area contributed by atoms with E-state index < -0.39 is 17.5 Å². The highest BCUT2D eigenvalue weighted by Crippen LogP contribution is 2.32. The maximum atomic E-state index is 13.7. The number of aliphatic hydroxyl groups excluding tert-OH is 1. The molecule has 1 aliphatic heterocycles. The predicted octanol–water partition coefficient (Wildman–Crippen LogP) is 5.63. The summed E-state index contributed by atoms with van der Waals surface area (Å²) in [6.45, 7) is 4.11. The second-order valence-electron chi connectivity index (χ2n) is 7.06. The molecule has 0 atom stereocenters. The SMILES string of the molecule is C=C1C(O)=C(C(=O)NCCCc2ccc(Cl)c(Cl)c2)C=C(c2cc(F)cc(F)c2)N1C. The number of aliphatic hydroxyl groups is 1. The number of nitrogens with zero attached hydrogens (tertiary/aromatic N) is 1. The standard InChI is InChI=1S/C23H20Cl2F2N2O2/c1-13-22(30)18(12-21(29(13)2)15-9-16(26)11-17(27)10-15)23(31)28-7-3-4-14-5-6-19(24)20(25)8-14/h5-6,8-12,30H,1,3-4,7H2,2H3,(H,28,31). The summed E-state index contributed by atoms with van der Waals surface area (Å²) in [6.07, 6.45) is 2.68. The van der Waals surface area contributed by atoms with Gasteiger partial charge in [0.1, 0.15) is 11.6 Å². The molecule has 0 unspecified atom stereocenters. The van der Waals surface area contributed by atoms with Crippen LogP contribution in [0, 0.1) is 11.6 Å². The molecule has 0 aromatic heterocycles. The number of aryl methyl sites for hydroxylation is 1. The lowest BCUT2D eigenvalue weighted by atomic mass is 10.0. The number of halogens is 4. The van der Waals surface area contributed by atoms with Crippen LogP contribution in [0.15, 0.2) is 66.1 Å². The van der Waals surface area contributed by atoms with E-state index in [4.69, 9.17) is 23.2 Å². The Morgan fingerprint density at radius 2 is 1.81 bits per heavy atom. The van der Waals surface area contributed by atoms with Crippen LogP contribution in [0.25, 0.3) is 5.70 Å². The molecule has 1 aliphatic rings. The summed E-state index contributed by atoms with van der Waals surface area (Å²) in [7, 11) is 1.58. The number of rotatable bonds is 6. The number of carbonyl (C=O) groups excluding carboxylic acids is 1. The van der Waals surface area contributed by atoms with Gasteiger partial charge < -0.3 is 15.3 Å². The van der Waals surface area contributed by atoms with Gasteiger partial charge in [0.25, 0.3) is 5.91 Å². The molecule has 0 saturated carbocycles. The highest BCUT2D eigenvalue weighted by Gasteiger charge is 2.26. The lowest BCUT2D eigenvalue weighted by molar-refractivity contribution is -0.117. The Morgan fingerprint density at radius 3 is 2.45 bits per heavy atom. The van der Waals surface area contributed by atoms with Crippen molar-refractivity contribution in [2.24, 2.45) is 0 Å². The van der Waals surface area contributed by atoms with Gasteiger partial charge in [-0.05, 0) is 48.7 Å². The van der Waals surface area contributed by atoms with Crippen molar-refractivity contribution in [3.05, 3.63) is 98.9 Å². The molecule has 1 heterocycles. The Morgan fingerprint density at radius 1 is 1.13 bits per heavy atom. The van der Waals surface area contributed by atoms with E-state index in [9.17, 15) is 18.7 Å². The monoisotopic (exact) mass is 464 g/mol. The molecule has 0 saturated heterocycles. The molecule has 2 N–H and O–H groups in total. The minimum absolute atomic E-state index is 0.0303. The molecular weight excluding hydrogens is 445 g/mol. The van der Waals surface area contributed by atoms with E-state index in [-0.39, 0.29) is 22.6 Å². The number of carbonyl (C=O) groups is 1. The van der Waals surface area contributed by atoms with Gasteiger partial charge in [-0.1, -0.05) is 35.8 Å². The van der Waals surface area contributed by atoms with Gasteiger partial charge in [-0.2, -0.15) is 0 Å². The van der Waals surface area contributed by atoms with Crippen LogP contribution in [0.5, 0.6) is 0 Å². The van der Waals surface area contributed by atoms with Crippen LogP contribution >= 0.6 is 23.2 Å². The molecular formula is C23H20Cl2F2N2O2. The molecule has 0 aliphatic carbocycles. The Kier molecular flexibility index (Phi) is 7.03. The molecule has 2 aromatic carbocycles. The van der Waals surface area contributed by atoms with Gasteiger partial charge in [-0.3, -0.25) is 4.79 Å². The lowest BCUT2D eigenvalue weighted by Gasteiger charge is -2.29. The Hall–Kier alpha value is -2.83. The van der Waals surface area contributed by atoms with E-state index in [0.717, 1.165) is 23.8 Å². The highest BCUT2D eigenvalue weighted by molar-refractivity contribution is 6.42. The van der Waals surface area contributed by atoms with E-state index in [1.165, 1.54) is 11.0 Å². The predicted molar refractivity (Wildman–Crippen MR) is 119 cm³/mol. The molecule has 8 heteroatoms. The molecule has 0 bridgehead atoms. The fourth-order valence-electron chi connectivity index (χ4n) is 3.20. The second-order valence-corrected chi connectivity index (χ2v) is 7.88. The van der Waals surface area contributed by atoms with Crippen molar-refractivity contribution < 1.29 is 18.7 Å².